The van der Waals surface area contributed by atoms with Crippen LogP contribution in [0, 0.1) is 0 Å². The van der Waals surface area contributed by atoms with E-state index >= 15 is 0 Å². The van der Waals surface area contributed by atoms with Gasteiger partial charge in [-0.25, -0.2) is 4.98 Å². The second-order valence-electron chi connectivity index (χ2n) is 4.02. The molecule has 2 rings (SSSR count). The molecule has 4 N–H and O–H groups in total. The number of nitrogen functional groups attached to an aromatic ring is 1. The molecule has 0 aliphatic rings. The maximum Gasteiger partial charge on any atom is 0.277 e. The summed E-state index contributed by atoms with van der Waals surface area (Å²) in [5.41, 5.74) is 6.20. The Morgan fingerprint density at radius 2 is 2.05 bits per heavy atom. The Bertz CT molecular complexity index is 593. The highest BCUT2D eigenvalue weighted by Gasteiger charge is 2.06. The minimum absolute atomic E-state index is 0.0492. The van der Waals surface area contributed by atoms with Gasteiger partial charge < -0.3 is 20.6 Å². The summed E-state index contributed by atoms with van der Waals surface area (Å²) < 4.78 is 5.44. The number of anilines is 1. The molecule has 0 aliphatic heterocycles. The molecule has 0 atom stereocenters. The van der Waals surface area contributed by atoms with E-state index in [9.17, 15) is 4.79 Å². The molecular weight excluding hydrogens is 246 g/mol. The van der Waals surface area contributed by atoms with Gasteiger partial charge in [0, 0.05) is 6.61 Å². The van der Waals surface area contributed by atoms with E-state index in [4.69, 9.17) is 15.6 Å². The maximum absolute atomic E-state index is 11.3. The van der Waals surface area contributed by atoms with Crippen LogP contribution in [-0.2, 0) is 6.42 Å². The fourth-order valence-electron chi connectivity index (χ4n) is 1.59. The number of nitrogens with one attached hydrogen (secondary N) is 1. The van der Waals surface area contributed by atoms with Crippen molar-refractivity contribution in [1.29, 1.82) is 0 Å². The van der Waals surface area contributed by atoms with E-state index in [0.717, 1.165) is 18.4 Å². The zero-order valence-corrected chi connectivity index (χ0v) is 10.3. The molecule has 0 saturated carbocycles. The van der Waals surface area contributed by atoms with Crippen LogP contribution in [0.3, 0.4) is 0 Å². The molecular formula is C13H15N3O3. The number of hydrogen-bond acceptors (Lipinski definition) is 5. The number of aliphatic hydroxyl groups excluding tert-OH is 1. The summed E-state index contributed by atoms with van der Waals surface area (Å²) in [4.78, 5) is 17.5. The van der Waals surface area contributed by atoms with Crippen molar-refractivity contribution in [3.8, 4) is 11.6 Å². The Morgan fingerprint density at radius 3 is 2.74 bits per heavy atom. The molecule has 1 aromatic carbocycles. The Kier molecular flexibility index (Phi) is 4.15. The van der Waals surface area contributed by atoms with Crippen molar-refractivity contribution >= 4 is 5.69 Å². The SMILES string of the molecule is Nc1c(Oc2ccc(CCCO)cc2)nc[nH]c1=O. The number of benzene rings is 1. The molecule has 100 valence electrons. The fraction of sp³-hybridized carbons (Fsp3) is 0.231. The van der Waals surface area contributed by atoms with Crippen LogP contribution in [-0.4, -0.2) is 21.7 Å². The maximum atomic E-state index is 11.3. The smallest absolute Gasteiger partial charge is 0.277 e. The van der Waals surface area contributed by atoms with Crippen molar-refractivity contribution in [3.63, 3.8) is 0 Å². The molecule has 0 fully saturated rings. The Balaban J connectivity index is 2.11. The third kappa shape index (κ3) is 3.32. The van der Waals surface area contributed by atoms with Crippen LogP contribution in [0.5, 0.6) is 11.6 Å². The molecule has 0 radical (unpaired) electrons. The third-order valence-electron chi connectivity index (χ3n) is 2.61. The average molecular weight is 261 g/mol. The van der Waals surface area contributed by atoms with E-state index in [2.05, 4.69) is 9.97 Å². The number of ether oxygens (including phenoxy) is 1. The van der Waals surface area contributed by atoms with Crippen LogP contribution < -0.4 is 16.0 Å². The lowest BCUT2D eigenvalue weighted by molar-refractivity contribution is 0.288. The summed E-state index contributed by atoms with van der Waals surface area (Å²) in [5.74, 6) is 0.643. The lowest BCUT2D eigenvalue weighted by Crippen LogP contribution is -2.13. The highest BCUT2D eigenvalue weighted by Crippen LogP contribution is 2.22. The van der Waals surface area contributed by atoms with Gasteiger partial charge in [0.05, 0.1) is 6.33 Å². The molecule has 0 saturated heterocycles. The Labute approximate surface area is 109 Å². The van der Waals surface area contributed by atoms with Gasteiger partial charge in [0.15, 0.2) is 5.69 Å². The summed E-state index contributed by atoms with van der Waals surface area (Å²) in [7, 11) is 0. The van der Waals surface area contributed by atoms with Crippen LogP contribution in [0.1, 0.15) is 12.0 Å². The van der Waals surface area contributed by atoms with E-state index in [1.54, 1.807) is 12.1 Å². The second kappa shape index (κ2) is 6.01. The number of aryl methyl sites for hydroxylation is 1. The first kappa shape index (κ1) is 13.1. The van der Waals surface area contributed by atoms with E-state index in [1.165, 1.54) is 6.33 Å². The molecule has 2 aromatic rings. The minimum atomic E-state index is -0.426. The zero-order chi connectivity index (χ0) is 13.7. The van der Waals surface area contributed by atoms with E-state index in [0.29, 0.717) is 5.75 Å². The summed E-state index contributed by atoms with van der Waals surface area (Å²) in [6.07, 6.45) is 2.77. The normalized spacial score (nSPS) is 10.4. The van der Waals surface area contributed by atoms with Crippen LogP contribution in [0.25, 0.3) is 0 Å². The molecule has 19 heavy (non-hydrogen) atoms. The molecule has 0 amide bonds. The number of nitrogens with zero attached hydrogens (tertiary/aromatic N) is 1. The Morgan fingerprint density at radius 1 is 1.32 bits per heavy atom. The standard InChI is InChI=1S/C13H15N3O3/c14-11-12(18)15-8-16-13(11)19-10-5-3-9(4-6-10)2-1-7-17/h3-6,8,17H,1-2,7,14H2,(H,15,16,18). The molecule has 1 aromatic heterocycles. The van der Waals surface area contributed by atoms with Crippen LogP contribution in [0.2, 0.25) is 0 Å². The van der Waals surface area contributed by atoms with Crippen LogP contribution >= 0.6 is 0 Å². The lowest BCUT2D eigenvalue weighted by atomic mass is 10.1. The van der Waals surface area contributed by atoms with Gasteiger partial charge in [-0.1, -0.05) is 12.1 Å². The molecule has 0 unspecified atom stereocenters. The summed E-state index contributed by atoms with van der Waals surface area (Å²) in [5, 5.41) is 8.75. The first-order valence-corrected chi connectivity index (χ1v) is 5.91. The van der Waals surface area contributed by atoms with Crippen molar-refractivity contribution in [2.75, 3.05) is 12.3 Å². The largest absolute Gasteiger partial charge is 0.437 e. The number of hydrogen-bond donors (Lipinski definition) is 3. The summed E-state index contributed by atoms with van der Waals surface area (Å²) >= 11 is 0. The predicted octanol–water partition coefficient (Wildman–Crippen LogP) is 1.07. The van der Waals surface area contributed by atoms with Crippen molar-refractivity contribution < 1.29 is 9.84 Å². The van der Waals surface area contributed by atoms with E-state index < -0.39 is 5.56 Å². The Hall–Kier alpha value is -2.34. The molecule has 0 bridgehead atoms. The van der Waals surface area contributed by atoms with Crippen molar-refractivity contribution in [3.05, 3.63) is 46.5 Å². The van der Waals surface area contributed by atoms with Gasteiger partial charge in [0.1, 0.15) is 5.75 Å². The highest BCUT2D eigenvalue weighted by molar-refractivity contribution is 5.47. The zero-order valence-electron chi connectivity index (χ0n) is 10.3. The monoisotopic (exact) mass is 261 g/mol. The first-order valence-electron chi connectivity index (χ1n) is 5.91. The summed E-state index contributed by atoms with van der Waals surface area (Å²) in [6.45, 7) is 0.172. The molecule has 0 spiro atoms. The number of aromatic nitrogens is 2. The highest BCUT2D eigenvalue weighted by atomic mass is 16.5. The molecule has 1 heterocycles. The molecule has 6 heteroatoms. The average Bonchev–Trinajstić information content (AvgIpc) is 2.43. The van der Waals surface area contributed by atoms with Gasteiger partial charge in [-0.15, -0.1) is 0 Å². The number of nitrogens with two attached hydrogens (primary N) is 1. The minimum Gasteiger partial charge on any atom is -0.437 e. The first-order chi connectivity index (χ1) is 9.20. The lowest BCUT2D eigenvalue weighted by Gasteiger charge is -2.07. The van der Waals surface area contributed by atoms with Gasteiger partial charge in [-0.3, -0.25) is 4.79 Å². The van der Waals surface area contributed by atoms with E-state index in [-0.39, 0.29) is 18.2 Å². The van der Waals surface area contributed by atoms with Crippen LogP contribution in [0.15, 0.2) is 35.4 Å². The van der Waals surface area contributed by atoms with E-state index in [1.807, 2.05) is 12.1 Å². The van der Waals surface area contributed by atoms with Gasteiger partial charge >= 0.3 is 0 Å². The van der Waals surface area contributed by atoms with Crippen molar-refractivity contribution in [1.82, 2.24) is 9.97 Å². The van der Waals surface area contributed by atoms with Gasteiger partial charge in [-0.05, 0) is 30.5 Å². The second-order valence-corrected chi connectivity index (χ2v) is 4.02. The van der Waals surface area contributed by atoms with Gasteiger partial charge in [0.2, 0.25) is 5.88 Å². The van der Waals surface area contributed by atoms with Gasteiger partial charge in [0.25, 0.3) is 5.56 Å². The number of aromatic amines is 1. The molecule has 6 nitrogen and oxygen atoms in total. The molecule has 0 aliphatic carbocycles. The van der Waals surface area contributed by atoms with Crippen molar-refractivity contribution in [2.45, 2.75) is 12.8 Å². The van der Waals surface area contributed by atoms with Crippen LogP contribution in [0.4, 0.5) is 5.69 Å². The van der Waals surface area contributed by atoms with Crippen molar-refractivity contribution in [2.24, 2.45) is 0 Å². The topological polar surface area (TPSA) is 101 Å². The number of aliphatic hydroxyl groups is 1. The quantitative estimate of drug-likeness (QED) is 0.747. The third-order valence-corrected chi connectivity index (χ3v) is 2.61. The summed E-state index contributed by atoms with van der Waals surface area (Å²) in [6, 6.07) is 7.34. The number of rotatable bonds is 5. The fourth-order valence-corrected chi connectivity index (χ4v) is 1.59. The predicted molar refractivity (Wildman–Crippen MR) is 71.2 cm³/mol. The number of H-pyrrole nitrogens is 1. The van der Waals surface area contributed by atoms with Gasteiger partial charge in [-0.2, -0.15) is 0 Å².